The molecule has 3 aromatic heterocycles. The maximum atomic E-state index is 12.1. The Bertz CT molecular complexity index is 896. The predicted molar refractivity (Wildman–Crippen MR) is 100 cm³/mol. The first-order valence-electron chi connectivity index (χ1n) is 8.73. The molecule has 3 aromatic rings. The molecular weight excluding hydrogens is 350 g/mol. The summed E-state index contributed by atoms with van der Waals surface area (Å²) in [5.41, 5.74) is 0.777. The maximum absolute atomic E-state index is 12.1. The summed E-state index contributed by atoms with van der Waals surface area (Å²) in [5.74, 6) is 0. The van der Waals surface area contributed by atoms with Crippen LogP contribution in [0.5, 0.6) is 0 Å². The molecule has 7 nitrogen and oxygen atoms in total. The summed E-state index contributed by atoms with van der Waals surface area (Å²) >= 11 is 1.68. The molecule has 0 saturated carbocycles. The van der Waals surface area contributed by atoms with Crippen molar-refractivity contribution in [1.29, 1.82) is 0 Å². The Hall–Kier alpha value is -2.29. The summed E-state index contributed by atoms with van der Waals surface area (Å²) in [6, 6.07) is 9.47. The molecule has 0 atom stereocenters. The number of rotatable bonds is 6. The lowest BCUT2D eigenvalue weighted by Gasteiger charge is -2.26. The second-order valence-electron chi connectivity index (χ2n) is 6.20. The zero-order valence-corrected chi connectivity index (χ0v) is 15.3. The molecule has 0 spiro atoms. The fourth-order valence-corrected chi connectivity index (χ4v) is 3.92. The highest BCUT2D eigenvalue weighted by Gasteiger charge is 2.12. The highest BCUT2D eigenvalue weighted by Crippen LogP contribution is 2.26. The van der Waals surface area contributed by atoms with E-state index in [0.717, 1.165) is 50.0 Å². The molecule has 136 valence electrons. The molecule has 1 fully saturated rings. The molecule has 4 rings (SSSR count). The summed E-state index contributed by atoms with van der Waals surface area (Å²) < 4.78 is 8.82. The van der Waals surface area contributed by atoms with E-state index in [-0.39, 0.29) is 5.56 Å². The van der Waals surface area contributed by atoms with Crippen molar-refractivity contribution in [2.75, 3.05) is 32.8 Å². The van der Waals surface area contributed by atoms with Crippen LogP contribution in [0, 0.1) is 0 Å². The Kier molecular flexibility index (Phi) is 5.24. The molecule has 0 unspecified atom stereocenters. The van der Waals surface area contributed by atoms with E-state index in [2.05, 4.69) is 27.2 Å². The molecule has 8 heteroatoms. The standard InChI is InChI=1S/C18H21N5O2S/c24-18-5-3-16(20-23(18)9-8-21-10-12-25-13-11-21)17-4-2-15(26-17)14-22-7-1-6-19-22/h1-7H,8-14H2. The normalized spacial score (nSPS) is 15.4. The van der Waals surface area contributed by atoms with Gasteiger partial charge in [-0.3, -0.25) is 14.4 Å². The second kappa shape index (κ2) is 7.94. The average molecular weight is 371 g/mol. The second-order valence-corrected chi connectivity index (χ2v) is 7.37. The van der Waals surface area contributed by atoms with Crippen molar-refractivity contribution in [2.24, 2.45) is 0 Å². The van der Waals surface area contributed by atoms with Gasteiger partial charge in [-0.15, -0.1) is 11.3 Å². The van der Waals surface area contributed by atoms with Gasteiger partial charge in [0.2, 0.25) is 0 Å². The van der Waals surface area contributed by atoms with Crippen LogP contribution in [0.2, 0.25) is 0 Å². The molecule has 0 radical (unpaired) electrons. The average Bonchev–Trinajstić information content (AvgIpc) is 3.35. The van der Waals surface area contributed by atoms with Crippen LogP contribution < -0.4 is 5.56 Å². The first-order valence-corrected chi connectivity index (χ1v) is 9.54. The van der Waals surface area contributed by atoms with Crippen LogP contribution in [0.1, 0.15) is 4.88 Å². The van der Waals surface area contributed by atoms with Gasteiger partial charge in [0, 0.05) is 43.0 Å². The number of morpholine rings is 1. The zero-order chi connectivity index (χ0) is 17.8. The predicted octanol–water partition coefficient (Wildman–Crippen LogP) is 1.55. The van der Waals surface area contributed by atoms with Crippen molar-refractivity contribution in [3.05, 3.63) is 58.0 Å². The van der Waals surface area contributed by atoms with Gasteiger partial charge in [-0.25, -0.2) is 4.68 Å². The number of aromatic nitrogens is 4. The number of hydrogen-bond donors (Lipinski definition) is 0. The fourth-order valence-electron chi connectivity index (χ4n) is 2.96. The van der Waals surface area contributed by atoms with Crippen molar-refractivity contribution in [3.63, 3.8) is 0 Å². The van der Waals surface area contributed by atoms with E-state index in [1.165, 1.54) is 4.88 Å². The summed E-state index contributed by atoms with van der Waals surface area (Å²) in [6.07, 6.45) is 3.73. The molecule has 0 aromatic carbocycles. The van der Waals surface area contributed by atoms with Gasteiger partial charge in [0.05, 0.1) is 31.2 Å². The minimum Gasteiger partial charge on any atom is -0.379 e. The molecule has 0 N–H and O–H groups in total. The number of thiophene rings is 1. The van der Waals surface area contributed by atoms with E-state index in [1.807, 2.05) is 16.9 Å². The lowest BCUT2D eigenvalue weighted by molar-refractivity contribution is 0.0358. The Morgan fingerprint density at radius 1 is 1.12 bits per heavy atom. The van der Waals surface area contributed by atoms with Gasteiger partial charge in [-0.1, -0.05) is 0 Å². The molecule has 0 aliphatic carbocycles. The monoisotopic (exact) mass is 371 g/mol. The van der Waals surface area contributed by atoms with E-state index in [1.54, 1.807) is 34.3 Å². The molecule has 0 bridgehead atoms. The van der Waals surface area contributed by atoms with Gasteiger partial charge in [0.15, 0.2) is 0 Å². The van der Waals surface area contributed by atoms with Crippen LogP contribution in [0.3, 0.4) is 0 Å². The summed E-state index contributed by atoms with van der Waals surface area (Å²) in [5, 5.41) is 8.81. The van der Waals surface area contributed by atoms with Crippen LogP contribution in [-0.2, 0) is 17.8 Å². The van der Waals surface area contributed by atoms with Crippen LogP contribution >= 0.6 is 11.3 Å². The van der Waals surface area contributed by atoms with Crippen LogP contribution in [0.4, 0.5) is 0 Å². The minimum atomic E-state index is -0.0599. The molecule has 26 heavy (non-hydrogen) atoms. The van der Waals surface area contributed by atoms with Gasteiger partial charge < -0.3 is 4.74 Å². The van der Waals surface area contributed by atoms with Crippen molar-refractivity contribution in [1.82, 2.24) is 24.5 Å². The lowest BCUT2D eigenvalue weighted by atomic mass is 10.3. The highest BCUT2D eigenvalue weighted by molar-refractivity contribution is 7.15. The number of nitrogens with zero attached hydrogens (tertiary/aromatic N) is 5. The number of ether oxygens (including phenoxy) is 1. The first kappa shape index (κ1) is 17.1. The van der Waals surface area contributed by atoms with Gasteiger partial charge in [0.25, 0.3) is 5.56 Å². The molecule has 4 heterocycles. The van der Waals surface area contributed by atoms with E-state index in [0.29, 0.717) is 6.54 Å². The van der Waals surface area contributed by atoms with E-state index in [9.17, 15) is 4.79 Å². The SMILES string of the molecule is O=c1ccc(-c2ccc(Cn3cccn3)s2)nn1CCN1CCOCC1. The fraction of sp³-hybridized carbons (Fsp3) is 0.389. The third kappa shape index (κ3) is 4.09. The highest BCUT2D eigenvalue weighted by atomic mass is 32.1. The smallest absolute Gasteiger partial charge is 0.266 e. The largest absolute Gasteiger partial charge is 0.379 e. The van der Waals surface area contributed by atoms with Crippen molar-refractivity contribution < 1.29 is 4.74 Å². The van der Waals surface area contributed by atoms with E-state index < -0.39 is 0 Å². The van der Waals surface area contributed by atoms with Crippen molar-refractivity contribution >= 4 is 11.3 Å². The lowest BCUT2D eigenvalue weighted by Crippen LogP contribution is -2.39. The Balaban J connectivity index is 1.46. The van der Waals surface area contributed by atoms with E-state index in [4.69, 9.17) is 4.74 Å². The van der Waals surface area contributed by atoms with Crippen LogP contribution in [0.25, 0.3) is 10.6 Å². The van der Waals surface area contributed by atoms with Gasteiger partial charge in [-0.2, -0.15) is 10.2 Å². The zero-order valence-electron chi connectivity index (χ0n) is 14.5. The topological polar surface area (TPSA) is 65.2 Å². The summed E-state index contributed by atoms with van der Waals surface area (Å²) in [4.78, 5) is 16.7. The van der Waals surface area contributed by atoms with Crippen molar-refractivity contribution in [2.45, 2.75) is 13.1 Å². The minimum absolute atomic E-state index is 0.0599. The Morgan fingerprint density at radius 3 is 2.81 bits per heavy atom. The molecule has 1 saturated heterocycles. The quantitative estimate of drug-likeness (QED) is 0.658. The Labute approximate surface area is 155 Å². The van der Waals surface area contributed by atoms with Crippen LogP contribution in [-0.4, -0.2) is 57.3 Å². The van der Waals surface area contributed by atoms with Gasteiger partial charge >= 0.3 is 0 Å². The third-order valence-electron chi connectivity index (χ3n) is 4.39. The van der Waals surface area contributed by atoms with E-state index >= 15 is 0 Å². The van der Waals surface area contributed by atoms with Gasteiger partial charge in [-0.05, 0) is 24.3 Å². The Morgan fingerprint density at radius 2 is 2.00 bits per heavy atom. The maximum Gasteiger partial charge on any atom is 0.266 e. The molecular formula is C18H21N5O2S. The summed E-state index contributed by atoms with van der Waals surface area (Å²) in [6.45, 7) is 5.50. The number of hydrogen-bond acceptors (Lipinski definition) is 6. The molecule has 1 aliphatic heterocycles. The third-order valence-corrected chi connectivity index (χ3v) is 5.48. The van der Waals surface area contributed by atoms with Gasteiger partial charge in [0.1, 0.15) is 5.69 Å². The first-order chi connectivity index (χ1) is 12.8. The van der Waals surface area contributed by atoms with Crippen LogP contribution in [0.15, 0.2) is 47.5 Å². The molecule has 0 amide bonds. The summed E-state index contributed by atoms with van der Waals surface area (Å²) in [7, 11) is 0. The molecule has 1 aliphatic rings. The van der Waals surface area contributed by atoms with Crippen molar-refractivity contribution in [3.8, 4) is 10.6 Å².